The van der Waals surface area contributed by atoms with Crippen LogP contribution in [0.4, 0.5) is 0 Å². The molecule has 0 amide bonds. The second-order valence-corrected chi connectivity index (χ2v) is 4.66. The van der Waals surface area contributed by atoms with Gasteiger partial charge in [0.2, 0.25) is 0 Å². The van der Waals surface area contributed by atoms with Gasteiger partial charge in [-0.3, -0.25) is 0 Å². The minimum absolute atomic E-state index is 0. The molecule has 0 saturated carbocycles. The molecule has 0 fully saturated rings. The van der Waals surface area contributed by atoms with Crippen LogP contribution in [0.5, 0.6) is 0 Å². The maximum absolute atomic E-state index is 5.22. The van der Waals surface area contributed by atoms with E-state index < -0.39 is 0 Å². The van der Waals surface area contributed by atoms with Crippen molar-refractivity contribution < 1.29 is 0 Å². The summed E-state index contributed by atoms with van der Waals surface area (Å²) in [5.74, 6) is 3.41. The summed E-state index contributed by atoms with van der Waals surface area (Å²) in [5, 5.41) is 5.34. The Kier molecular flexibility index (Phi) is 9.79. The van der Waals surface area contributed by atoms with Crippen LogP contribution in [0.2, 0.25) is 0 Å². The highest BCUT2D eigenvalue weighted by Gasteiger charge is 2.05. The number of nitrogens with one attached hydrogen (secondary N) is 1. The van der Waals surface area contributed by atoms with E-state index in [9.17, 15) is 0 Å². The fourth-order valence-electron chi connectivity index (χ4n) is 1.43. The molecule has 1 heterocycles. The van der Waals surface area contributed by atoms with Crippen LogP contribution in [0, 0.1) is 12.3 Å². The van der Waals surface area contributed by atoms with Crippen molar-refractivity contribution in [2.45, 2.75) is 13.3 Å². The normalized spacial score (nSPS) is 10.4. The van der Waals surface area contributed by atoms with Crippen LogP contribution in [-0.2, 0) is 6.42 Å². The number of thiophene rings is 1. The van der Waals surface area contributed by atoms with Gasteiger partial charge in [0.1, 0.15) is 6.54 Å². The monoisotopic (exact) mass is 377 g/mol. The third kappa shape index (κ3) is 6.26. The number of hydrogen-bond donors (Lipinski definition) is 1. The van der Waals surface area contributed by atoms with Crippen molar-refractivity contribution >= 4 is 41.3 Å². The number of rotatable bonds is 5. The molecule has 0 aliphatic heterocycles. The quantitative estimate of drug-likeness (QED) is 0.370. The summed E-state index contributed by atoms with van der Waals surface area (Å²) in [6.45, 7) is 4.27. The second-order valence-electron chi connectivity index (χ2n) is 3.63. The van der Waals surface area contributed by atoms with Gasteiger partial charge in [-0.1, -0.05) is 12.0 Å². The van der Waals surface area contributed by atoms with Crippen molar-refractivity contribution in [1.82, 2.24) is 10.2 Å². The lowest BCUT2D eigenvalue weighted by Crippen LogP contribution is -2.40. The molecule has 1 aromatic heterocycles. The van der Waals surface area contributed by atoms with E-state index in [2.05, 4.69) is 45.6 Å². The maximum atomic E-state index is 5.22. The van der Waals surface area contributed by atoms with E-state index in [0.29, 0.717) is 6.54 Å². The van der Waals surface area contributed by atoms with Crippen molar-refractivity contribution in [3.63, 3.8) is 0 Å². The van der Waals surface area contributed by atoms with Gasteiger partial charge in [0.15, 0.2) is 5.96 Å². The lowest BCUT2D eigenvalue weighted by atomic mass is 10.3. The van der Waals surface area contributed by atoms with E-state index in [1.165, 1.54) is 4.88 Å². The molecule has 18 heavy (non-hydrogen) atoms. The first-order chi connectivity index (χ1) is 8.27. The molecule has 3 nitrogen and oxygen atoms in total. The van der Waals surface area contributed by atoms with E-state index in [1.807, 2.05) is 7.05 Å². The predicted molar refractivity (Wildman–Crippen MR) is 90.9 cm³/mol. The molecule has 0 aromatic carbocycles. The third-order valence-corrected chi connectivity index (χ3v) is 3.23. The van der Waals surface area contributed by atoms with E-state index >= 15 is 0 Å². The maximum Gasteiger partial charge on any atom is 0.194 e. The molecular formula is C13H20IN3S. The average Bonchev–Trinajstić information content (AvgIpc) is 2.84. The zero-order valence-corrected chi connectivity index (χ0v) is 14.0. The van der Waals surface area contributed by atoms with Gasteiger partial charge in [-0.2, -0.15) is 0 Å². The minimum atomic E-state index is 0. The smallest absolute Gasteiger partial charge is 0.194 e. The molecule has 0 bridgehead atoms. The standard InChI is InChI=1S/C13H19N3S.HI/c1-4-9-15-13(14-5-2)16(3)10-8-12-7-6-11-17-12;/h1,6-7,11H,5,8-10H2,2-3H3,(H,14,15);1H. The highest BCUT2D eigenvalue weighted by Crippen LogP contribution is 2.09. The molecular weight excluding hydrogens is 357 g/mol. The van der Waals surface area contributed by atoms with Gasteiger partial charge in [0, 0.05) is 25.0 Å². The molecule has 0 saturated heterocycles. The van der Waals surface area contributed by atoms with Crippen LogP contribution >= 0.6 is 35.3 Å². The summed E-state index contributed by atoms with van der Waals surface area (Å²) in [6.07, 6.45) is 6.26. The molecule has 0 radical (unpaired) electrons. The molecule has 1 aromatic rings. The summed E-state index contributed by atoms with van der Waals surface area (Å²) >= 11 is 1.79. The first-order valence-corrected chi connectivity index (χ1v) is 6.61. The number of aliphatic imine (C=N–C) groups is 1. The van der Waals surface area contributed by atoms with E-state index in [-0.39, 0.29) is 24.0 Å². The molecule has 0 spiro atoms. The Balaban J connectivity index is 0.00000289. The van der Waals surface area contributed by atoms with Gasteiger partial charge in [-0.25, -0.2) is 4.99 Å². The van der Waals surface area contributed by atoms with Crippen molar-refractivity contribution in [3.05, 3.63) is 22.4 Å². The fraction of sp³-hybridized carbons (Fsp3) is 0.462. The van der Waals surface area contributed by atoms with Crippen LogP contribution in [0.25, 0.3) is 0 Å². The number of guanidine groups is 1. The summed E-state index contributed by atoms with van der Waals surface area (Å²) in [4.78, 5) is 7.84. The van der Waals surface area contributed by atoms with Crippen LogP contribution in [0.1, 0.15) is 11.8 Å². The largest absolute Gasteiger partial charge is 0.356 e. The topological polar surface area (TPSA) is 27.6 Å². The molecule has 0 aliphatic rings. The van der Waals surface area contributed by atoms with Gasteiger partial charge in [-0.05, 0) is 24.8 Å². The SMILES string of the molecule is C#CCN=C(NCC)N(C)CCc1cccs1.I. The zero-order chi connectivity index (χ0) is 12.5. The summed E-state index contributed by atoms with van der Waals surface area (Å²) in [6, 6.07) is 4.24. The highest BCUT2D eigenvalue weighted by atomic mass is 127. The Morgan fingerprint density at radius 2 is 2.39 bits per heavy atom. The van der Waals surface area contributed by atoms with Crippen LogP contribution in [0.15, 0.2) is 22.5 Å². The molecule has 5 heteroatoms. The lowest BCUT2D eigenvalue weighted by Gasteiger charge is -2.21. The Hall–Kier alpha value is -0.740. The van der Waals surface area contributed by atoms with Gasteiger partial charge >= 0.3 is 0 Å². The molecule has 100 valence electrons. The summed E-state index contributed by atoms with van der Waals surface area (Å²) < 4.78 is 0. The van der Waals surface area contributed by atoms with E-state index in [0.717, 1.165) is 25.5 Å². The first kappa shape index (κ1) is 17.3. The number of hydrogen-bond acceptors (Lipinski definition) is 2. The average molecular weight is 377 g/mol. The Morgan fingerprint density at radius 1 is 1.61 bits per heavy atom. The van der Waals surface area contributed by atoms with Crippen LogP contribution in [-0.4, -0.2) is 37.5 Å². The molecule has 1 rings (SSSR count). The molecule has 0 atom stereocenters. The third-order valence-electron chi connectivity index (χ3n) is 2.29. The van der Waals surface area contributed by atoms with Crippen molar-refractivity contribution in [3.8, 4) is 12.3 Å². The number of nitrogens with zero attached hydrogens (tertiary/aromatic N) is 2. The van der Waals surface area contributed by atoms with Gasteiger partial charge in [0.05, 0.1) is 0 Å². The van der Waals surface area contributed by atoms with Crippen LogP contribution in [0.3, 0.4) is 0 Å². The zero-order valence-electron chi connectivity index (χ0n) is 10.8. The second kappa shape index (κ2) is 10.2. The van der Waals surface area contributed by atoms with Gasteiger partial charge in [0.25, 0.3) is 0 Å². The molecule has 0 unspecified atom stereocenters. The Bertz CT molecular complexity index is 381. The van der Waals surface area contributed by atoms with Crippen molar-refractivity contribution in [2.75, 3.05) is 26.7 Å². The highest BCUT2D eigenvalue weighted by molar-refractivity contribution is 14.0. The predicted octanol–water partition coefficient (Wildman–Crippen LogP) is 2.44. The van der Waals surface area contributed by atoms with E-state index in [1.54, 1.807) is 11.3 Å². The number of terminal acetylenes is 1. The van der Waals surface area contributed by atoms with Crippen molar-refractivity contribution in [2.24, 2.45) is 4.99 Å². The fourth-order valence-corrected chi connectivity index (χ4v) is 2.13. The molecule has 0 aliphatic carbocycles. The number of likely N-dealkylation sites (N-methyl/N-ethyl adjacent to an activating group) is 1. The summed E-state index contributed by atoms with van der Waals surface area (Å²) in [5.41, 5.74) is 0. The van der Waals surface area contributed by atoms with Gasteiger partial charge < -0.3 is 10.2 Å². The van der Waals surface area contributed by atoms with Crippen LogP contribution < -0.4 is 5.32 Å². The lowest BCUT2D eigenvalue weighted by molar-refractivity contribution is 0.488. The minimum Gasteiger partial charge on any atom is -0.356 e. The van der Waals surface area contributed by atoms with E-state index in [4.69, 9.17) is 6.42 Å². The van der Waals surface area contributed by atoms with Gasteiger partial charge in [-0.15, -0.1) is 41.7 Å². The Morgan fingerprint density at radius 3 is 2.94 bits per heavy atom. The number of halogens is 1. The molecule has 1 N–H and O–H groups in total. The Labute approximate surface area is 131 Å². The first-order valence-electron chi connectivity index (χ1n) is 5.73. The van der Waals surface area contributed by atoms with Crippen molar-refractivity contribution in [1.29, 1.82) is 0 Å². The summed E-state index contributed by atoms with van der Waals surface area (Å²) in [7, 11) is 2.03.